The van der Waals surface area contributed by atoms with Gasteiger partial charge < -0.3 is 9.84 Å². The number of rotatable bonds is 11. The topological polar surface area (TPSA) is 42.4 Å². The van der Waals surface area contributed by atoms with Crippen molar-refractivity contribution in [2.75, 3.05) is 6.61 Å². The lowest BCUT2D eigenvalue weighted by Crippen LogP contribution is -2.09. The lowest BCUT2D eigenvalue weighted by atomic mass is 10.0. The molecule has 1 aromatic carbocycles. The third-order valence-electron chi connectivity index (χ3n) is 3.89. The highest BCUT2D eigenvalue weighted by Crippen LogP contribution is 2.19. The number of ether oxygens (including phenoxy) is 1. The van der Waals surface area contributed by atoms with Gasteiger partial charge in [-0.05, 0) is 30.5 Å². The molecule has 0 spiro atoms. The summed E-state index contributed by atoms with van der Waals surface area (Å²) in [5.41, 5.74) is 1.35. The summed E-state index contributed by atoms with van der Waals surface area (Å²) in [5, 5.41) is 12.5. The molecular formula is C19H27NO2S. The SMILES string of the molecule is CCCCCCCCc1ccc(OCC(O)c2nccs2)cc1. The Morgan fingerprint density at radius 1 is 1.09 bits per heavy atom. The molecule has 4 heteroatoms. The number of benzene rings is 1. The third-order valence-corrected chi connectivity index (χ3v) is 4.76. The maximum atomic E-state index is 9.95. The highest BCUT2D eigenvalue weighted by atomic mass is 32.1. The molecule has 0 aliphatic rings. The van der Waals surface area contributed by atoms with Crippen LogP contribution in [-0.4, -0.2) is 16.7 Å². The van der Waals surface area contributed by atoms with Crippen LogP contribution in [0.5, 0.6) is 5.75 Å². The molecule has 0 amide bonds. The summed E-state index contributed by atoms with van der Waals surface area (Å²) in [5.74, 6) is 0.798. The van der Waals surface area contributed by atoms with E-state index in [4.69, 9.17) is 4.74 Å². The van der Waals surface area contributed by atoms with Crippen molar-refractivity contribution in [3.05, 3.63) is 46.4 Å². The van der Waals surface area contributed by atoms with Crippen molar-refractivity contribution in [1.29, 1.82) is 0 Å². The van der Waals surface area contributed by atoms with Crippen molar-refractivity contribution in [3.8, 4) is 5.75 Å². The molecule has 0 aliphatic carbocycles. The predicted octanol–water partition coefficient (Wildman–Crippen LogP) is 5.16. The van der Waals surface area contributed by atoms with Gasteiger partial charge in [-0.3, -0.25) is 0 Å². The maximum absolute atomic E-state index is 9.95. The summed E-state index contributed by atoms with van der Waals surface area (Å²) in [7, 11) is 0. The third kappa shape index (κ3) is 6.71. The van der Waals surface area contributed by atoms with Gasteiger partial charge in [0.1, 0.15) is 23.5 Å². The van der Waals surface area contributed by atoms with E-state index in [0.717, 1.165) is 12.2 Å². The molecule has 1 N–H and O–H groups in total. The molecule has 0 saturated heterocycles. The van der Waals surface area contributed by atoms with Gasteiger partial charge >= 0.3 is 0 Å². The summed E-state index contributed by atoms with van der Waals surface area (Å²) in [6.45, 7) is 2.49. The van der Waals surface area contributed by atoms with Gasteiger partial charge in [0, 0.05) is 11.6 Å². The van der Waals surface area contributed by atoms with Gasteiger partial charge in [0.25, 0.3) is 0 Å². The molecule has 126 valence electrons. The molecule has 0 aliphatic heterocycles. The van der Waals surface area contributed by atoms with E-state index in [9.17, 15) is 5.11 Å². The molecule has 2 rings (SSSR count). The van der Waals surface area contributed by atoms with Crippen LogP contribution in [0.15, 0.2) is 35.8 Å². The Hall–Kier alpha value is -1.39. The predicted molar refractivity (Wildman–Crippen MR) is 96.1 cm³/mol. The first kappa shape index (κ1) is 18.0. The Morgan fingerprint density at radius 3 is 2.52 bits per heavy atom. The van der Waals surface area contributed by atoms with Crippen molar-refractivity contribution < 1.29 is 9.84 Å². The molecule has 3 nitrogen and oxygen atoms in total. The van der Waals surface area contributed by atoms with Crippen molar-refractivity contribution in [2.24, 2.45) is 0 Å². The summed E-state index contributed by atoms with van der Waals surface area (Å²) in [6, 6.07) is 8.22. The summed E-state index contributed by atoms with van der Waals surface area (Å²) in [4.78, 5) is 4.09. The number of aryl methyl sites for hydroxylation is 1. The average molecular weight is 333 g/mol. The minimum absolute atomic E-state index is 0.240. The highest BCUT2D eigenvalue weighted by Gasteiger charge is 2.10. The zero-order chi connectivity index (χ0) is 16.3. The molecule has 1 aromatic heterocycles. The van der Waals surface area contributed by atoms with Crippen molar-refractivity contribution in [1.82, 2.24) is 4.98 Å². The van der Waals surface area contributed by atoms with Crippen molar-refractivity contribution in [2.45, 2.75) is 58.0 Å². The van der Waals surface area contributed by atoms with Crippen LogP contribution >= 0.6 is 11.3 Å². The summed E-state index contributed by atoms with van der Waals surface area (Å²) >= 11 is 1.44. The number of thiazole rings is 1. The molecular weight excluding hydrogens is 306 g/mol. The van der Waals surface area contributed by atoms with E-state index in [0.29, 0.717) is 5.01 Å². The second kappa shape index (κ2) is 10.4. The number of aliphatic hydroxyl groups excluding tert-OH is 1. The second-order valence-corrected chi connectivity index (χ2v) is 6.79. The first-order valence-corrected chi connectivity index (χ1v) is 9.46. The molecule has 1 unspecified atom stereocenters. The molecule has 0 bridgehead atoms. The van der Waals surface area contributed by atoms with Gasteiger partial charge in [-0.2, -0.15) is 0 Å². The van der Waals surface area contributed by atoms with Crippen LogP contribution < -0.4 is 4.74 Å². The van der Waals surface area contributed by atoms with Gasteiger partial charge in [-0.1, -0.05) is 51.2 Å². The Bertz CT molecular complexity index is 525. The van der Waals surface area contributed by atoms with E-state index in [2.05, 4.69) is 24.0 Å². The van der Waals surface area contributed by atoms with E-state index in [1.165, 1.54) is 55.4 Å². The van der Waals surface area contributed by atoms with Crippen molar-refractivity contribution in [3.63, 3.8) is 0 Å². The fourth-order valence-corrected chi connectivity index (χ4v) is 3.12. The van der Waals surface area contributed by atoms with E-state index >= 15 is 0 Å². The van der Waals surface area contributed by atoms with Crippen molar-refractivity contribution >= 4 is 11.3 Å². The lowest BCUT2D eigenvalue weighted by Gasteiger charge is -2.10. The molecule has 23 heavy (non-hydrogen) atoms. The normalized spacial score (nSPS) is 12.3. The van der Waals surface area contributed by atoms with Crippen LogP contribution in [0.1, 0.15) is 62.1 Å². The van der Waals surface area contributed by atoms with Crippen LogP contribution in [0, 0.1) is 0 Å². The van der Waals surface area contributed by atoms with Gasteiger partial charge in [-0.15, -0.1) is 11.3 Å². The summed E-state index contributed by atoms with van der Waals surface area (Å²) in [6.07, 6.45) is 10.1. The fourth-order valence-electron chi connectivity index (χ4n) is 2.51. The Labute approximate surface area is 143 Å². The first-order chi connectivity index (χ1) is 11.3. The zero-order valence-electron chi connectivity index (χ0n) is 13.9. The molecule has 0 radical (unpaired) electrons. The number of hydrogen-bond donors (Lipinski definition) is 1. The lowest BCUT2D eigenvalue weighted by molar-refractivity contribution is 0.108. The minimum atomic E-state index is -0.655. The largest absolute Gasteiger partial charge is 0.490 e. The molecule has 0 fully saturated rings. The number of aromatic nitrogens is 1. The standard InChI is InChI=1S/C19H27NO2S/c1-2-3-4-5-6-7-8-16-9-11-17(12-10-16)22-15-18(21)19-20-13-14-23-19/h9-14,18,21H,2-8,15H2,1H3. The molecule has 1 atom stereocenters. The maximum Gasteiger partial charge on any atom is 0.139 e. The van der Waals surface area contributed by atoms with E-state index in [1.807, 2.05) is 17.5 Å². The number of aliphatic hydroxyl groups is 1. The van der Waals surface area contributed by atoms with Crippen LogP contribution in [-0.2, 0) is 6.42 Å². The Balaban J connectivity index is 1.66. The number of unbranched alkanes of at least 4 members (excludes halogenated alkanes) is 5. The van der Waals surface area contributed by atoms with Crippen LogP contribution in [0.3, 0.4) is 0 Å². The minimum Gasteiger partial charge on any atom is -0.490 e. The van der Waals surface area contributed by atoms with Crippen LogP contribution in [0.2, 0.25) is 0 Å². The smallest absolute Gasteiger partial charge is 0.139 e. The molecule has 1 heterocycles. The monoisotopic (exact) mass is 333 g/mol. The Kier molecular flexibility index (Phi) is 8.12. The number of nitrogens with zero attached hydrogens (tertiary/aromatic N) is 1. The molecule has 2 aromatic rings. The van der Waals surface area contributed by atoms with Crippen LogP contribution in [0.4, 0.5) is 0 Å². The van der Waals surface area contributed by atoms with Crippen LogP contribution in [0.25, 0.3) is 0 Å². The zero-order valence-corrected chi connectivity index (χ0v) is 14.7. The van der Waals surface area contributed by atoms with Gasteiger partial charge in [-0.25, -0.2) is 4.98 Å². The van der Waals surface area contributed by atoms with E-state index in [1.54, 1.807) is 6.20 Å². The van der Waals surface area contributed by atoms with E-state index in [-0.39, 0.29) is 6.61 Å². The molecule has 0 saturated carbocycles. The van der Waals surface area contributed by atoms with Gasteiger partial charge in [0.15, 0.2) is 0 Å². The quantitative estimate of drug-likeness (QED) is 0.578. The second-order valence-electron chi connectivity index (χ2n) is 5.86. The number of hydrogen-bond acceptors (Lipinski definition) is 4. The first-order valence-electron chi connectivity index (χ1n) is 8.58. The van der Waals surface area contributed by atoms with Gasteiger partial charge in [0.05, 0.1) is 0 Å². The fraction of sp³-hybridized carbons (Fsp3) is 0.526. The van der Waals surface area contributed by atoms with Gasteiger partial charge in [0.2, 0.25) is 0 Å². The average Bonchev–Trinajstić information content (AvgIpc) is 3.11. The summed E-state index contributed by atoms with van der Waals surface area (Å²) < 4.78 is 5.63. The van der Waals surface area contributed by atoms with E-state index < -0.39 is 6.10 Å². The highest BCUT2D eigenvalue weighted by molar-refractivity contribution is 7.09. The Morgan fingerprint density at radius 2 is 1.83 bits per heavy atom.